The van der Waals surface area contributed by atoms with Crippen LogP contribution in [0.25, 0.3) is 33.7 Å². The Bertz CT molecular complexity index is 1360. The van der Waals surface area contributed by atoms with Gasteiger partial charge in [0.05, 0.1) is 11.9 Å². The molecule has 0 unspecified atom stereocenters. The third-order valence-corrected chi connectivity index (χ3v) is 4.92. The summed E-state index contributed by atoms with van der Waals surface area (Å²) in [5.74, 6) is 0.563. The average molecular weight is 396 g/mol. The van der Waals surface area contributed by atoms with Gasteiger partial charge in [-0.1, -0.05) is 54.6 Å². The lowest BCUT2D eigenvalue weighted by Crippen LogP contribution is -1.97. The Balaban J connectivity index is 1.66. The number of hydrogen-bond donors (Lipinski definition) is 2. The van der Waals surface area contributed by atoms with E-state index in [-0.39, 0.29) is 0 Å². The molecule has 0 fully saturated rings. The number of pyridine rings is 1. The van der Waals surface area contributed by atoms with Crippen molar-refractivity contribution in [2.45, 2.75) is 0 Å². The van der Waals surface area contributed by atoms with Crippen molar-refractivity contribution in [3.63, 3.8) is 0 Å². The molecule has 0 aliphatic rings. The number of fused-ring (bicyclic) bond motifs is 1. The fourth-order valence-electron chi connectivity index (χ4n) is 3.31. The van der Waals surface area contributed by atoms with Crippen LogP contribution in [-0.2, 0) is 0 Å². The summed E-state index contributed by atoms with van der Waals surface area (Å²) in [6, 6.07) is 24.0. The van der Waals surface area contributed by atoms with Crippen molar-refractivity contribution in [2.24, 2.45) is 5.10 Å². The van der Waals surface area contributed by atoms with E-state index >= 15 is 0 Å². The van der Waals surface area contributed by atoms with Gasteiger partial charge >= 0.3 is 0 Å². The van der Waals surface area contributed by atoms with Crippen LogP contribution in [-0.4, -0.2) is 31.1 Å². The SMILES string of the molecule is S=c1[nH]nc(-c2ccccn2)n1N=Cc1c(-c2ccccc2)[nH]c2ccccc12. The Kier molecular flexibility index (Phi) is 4.34. The van der Waals surface area contributed by atoms with Crippen molar-refractivity contribution in [2.75, 3.05) is 0 Å². The minimum Gasteiger partial charge on any atom is -0.354 e. The standard InChI is InChI=1S/C22H16N6S/c29-22-27-26-21(19-12-6-7-13-23-19)28(22)24-14-17-16-10-4-5-11-18(16)25-20(17)15-8-2-1-3-9-15/h1-14,25H,(H,27,29). The van der Waals surface area contributed by atoms with Gasteiger partial charge in [0, 0.05) is 22.7 Å². The summed E-state index contributed by atoms with van der Waals surface area (Å²) >= 11 is 5.39. The first-order valence-corrected chi connectivity index (χ1v) is 9.51. The number of H-pyrrole nitrogens is 2. The number of nitrogens with zero attached hydrogens (tertiary/aromatic N) is 4. The first-order valence-electron chi connectivity index (χ1n) is 9.10. The summed E-state index contributed by atoms with van der Waals surface area (Å²) < 4.78 is 2.00. The van der Waals surface area contributed by atoms with Crippen LogP contribution >= 0.6 is 12.2 Å². The molecule has 0 aliphatic carbocycles. The molecule has 2 N–H and O–H groups in total. The highest BCUT2D eigenvalue weighted by Crippen LogP contribution is 2.29. The first-order chi connectivity index (χ1) is 14.3. The van der Waals surface area contributed by atoms with Gasteiger partial charge in [0.2, 0.25) is 10.6 Å². The van der Waals surface area contributed by atoms with Crippen molar-refractivity contribution in [1.82, 2.24) is 24.8 Å². The van der Waals surface area contributed by atoms with E-state index in [0.717, 1.165) is 27.7 Å². The lowest BCUT2D eigenvalue weighted by atomic mass is 10.1. The molecule has 0 radical (unpaired) electrons. The summed E-state index contributed by atoms with van der Waals surface area (Å²) in [6.07, 6.45) is 3.53. The molecule has 6 nitrogen and oxygen atoms in total. The predicted molar refractivity (Wildman–Crippen MR) is 117 cm³/mol. The molecule has 3 aromatic heterocycles. The van der Waals surface area contributed by atoms with E-state index in [4.69, 9.17) is 12.2 Å². The van der Waals surface area contributed by atoms with Crippen LogP contribution in [0.15, 0.2) is 84.1 Å². The molecule has 0 saturated heterocycles. The second-order valence-electron chi connectivity index (χ2n) is 6.45. The van der Waals surface area contributed by atoms with Crippen molar-refractivity contribution >= 4 is 29.3 Å². The lowest BCUT2D eigenvalue weighted by Gasteiger charge is -2.02. The van der Waals surface area contributed by atoms with Gasteiger partial charge in [0.1, 0.15) is 5.69 Å². The summed E-state index contributed by atoms with van der Waals surface area (Å²) in [7, 11) is 0. The van der Waals surface area contributed by atoms with E-state index in [0.29, 0.717) is 16.3 Å². The van der Waals surface area contributed by atoms with E-state index in [1.807, 2.05) is 54.7 Å². The van der Waals surface area contributed by atoms with Gasteiger partial charge < -0.3 is 4.98 Å². The minimum atomic E-state index is 0.406. The summed E-state index contributed by atoms with van der Waals surface area (Å²) in [5.41, 5.74) is 4.82. The highest BCUT2D eigenvalue weighted by Gasteiger charge is 2.13. The Morgan fingerprint density at radius 1 is 0.931 bits per heavy atom. The highest BCUT2D eigenvalue weighted by atomic mass is 32.1. The van der Waals surface area contributed by atoms with E-state index in [1.165, 1.54) is 0 Å². The zero-order chi connectivity index (χ0) is 19.6. The van der Waals surface area contributed by atoms with Crippen molar-refractivity contribution in [3.8, 4) is 22.8 Å². The molecule has 140 valence electrons. The van der Waals surface area contributed by atoms with Crippen molar-refractivity contribution < 1.29 is 0 Å². The van der Waals surface area contributed by atoms with Gasteiger partial charge in [-0.05, 0) is 36.0 Å². The lowest BCUT2D eigenvalue weighted by molar-refractivity contribution is 0.867. The molecule has 0 amide bonds. The maximum atomic E-state index is 5.39. The number of aromatic nitrogens is 5. The minimum absolute atomic E-state index is 0.406. The zero-order valence-corrected chi connectivity index (χ0v) is 16.1. The van der Waals surface area contributed by atoms with E-state index in [9.17, 15) is 0 Å². The molecule has 0 atom stereocenters. The van der Waals surface area contributed by atoms with Gasteiger partial charge in [0.15, 0.2) is 0 Å². The molecule has 5 aromatic rings. The van der Waals surface area contributed by atoms with E-state index in [2.05, 4.69) is 49.5 Å². The van der Waals surface area contributed by atoms with Crippen LogP contribution < -0.4 is 0 Å². The van der Waals surface area contributed by atoms with Crippen LogP contribution in [0.5, 0.6) is 0 Å². The molecular formula is C22H16N6S. The van der Waals surface area contributed by atoms with Crippen LogP contribution in [0, 0.1) is 4.77 Å². The summed E-state index contributed by atoms with van der Waals surface area (Å²) in [6.45, 7) is 0. The molecule has 0 bridgehead atoms. The van der Waals surface area contributed by atoms with Crippen molar-refractivity contribution in [1.29, 1.82) is 0 Å². The maximum Gasteiger partial charge on any atom is 0.216 e. The Hall–Kier alpha value is -3.84. The maximum absolute atomic E-state index is 5.39. The van der Waals surface area contributed by atoms with Crippen molar-refractivity contribution in [3.05, 3.63) is 89.3 Å². The number of aromatic amines is 2. The smallest absolute Gasteiger partial charge is 0.216 e. The molecule has 0 spiro atoms. The van der Waals surface area contributed by atoms with Gasteiger partial charge in [-0.15, -0.1) is 0 Å². The predicted octanol–water partition coefficient (Wildman–Crippen LogP) is 5.03. The molecule has 2 aromatic carbocycles. The highest BCUT2D eigenvalue weighted by molar-refractivity contribution is 7.71. The van der Waals surface area contributed by atoms with Gasteiger partial charge in [-0.25, -0.2) is 5.10 Å². The van der Waals surface area contributed by atoms with Crippen LogP contribution in [0.2, 0.25) is 0 Å². The Morgan fingerprint density at radius 3 is 2.55 bits per heavy atom. The fourth-order valence-corrected chi connectivity index (χ4v) is 3.48. The number of benzene rings is 2. The van der Waals surface area contributed by atoms with Crippen LogP contribution in [0.1, 0.15) is 5.56 Å². The molecule has 0 saturated carbocycles. The van der Waals surface area contributed by atoms with Gasteiger partial charge in [-0.2, -0.15) is 14.9 Å². The molecule has 3 heterocycles. The van der Waals surface area contributed by atoms with Gasteiger partial charge in [0.25, 0.3) is 0 Å². The number of para-hydroxylation sites is 1. The third kappa shape index (κ3) is 3.17. The molecular weight excluding hydrogens is 380 g/mol. The summed E-state index contributed by atoms with van der Waals surface area (Å²) in [4.78, 5) is 7.86. The van der Waals surface area contributed by atoms with E-state index in [1.54, 1.807) is 10.9 Å². The molecule has 0 aliphatic heterocycles. The second-order valence-corrected chi connectivity index (χ2v) is 6.84. The quantitative estimate of drug-likeness (QED) is 0.330. The Morgan fingerprint density at radius 2 is 1.72 bits per heavy atom. The molecule has 29 heavy (non-hydrogen) atoms. The second kappa shape index (κ2) is 7.29. The number of hydrogen-bond acceptors (Lipinski definition) is 4. The molecule has 5 rings (SSSR count). The zero-order valence-electron chi connectivity index (χ0n) is 15.3. The topological polar surface area (TPSA) is 74.7 Å². The molecule has 7 heteroatoms. The number of rotatable bonds is 4. The first kappa shape index (κ1) is 17.3. The van der Waals surface area contributed by atoms with Gasteiger partial charge in [-0.3, -0.25) is 4.98 Å². The van der Waals surface area contributed by atoms with Crippen LogP contribution in [0.3, 0.4) is 0 Å². The fraction of sp³-hybridized carbons (Fsp3) is 0. The third-order valence-electron chi connectivity index (χ3n) is 4.66. The number of nitrogens with one attached hydrogen (secondary N) is 2. The normalized spacial score (nSPS) is 11.4. The van der Waals surface area contributed by atoms with E-state index < -0.39 is 0 Å². The monoisotopic (exact) mass is 396 g/mol. The largest absolute Gasteiger partial charge is 0.354 e. The summed E-state index contributed by atoms with van der Waals surface area (Å²) in [5, 5.41) is 12.8. The van der Waals surface area contributed by atoms with Crippen LogP contribution in [0.4, 0.5) is 0 Å². The Labute approximate surface area is 171 Å². The average Bonchev–Trinajstić information content (AvgIpc) is 3.34.